The number of fused-ring (bicyclic) bond motifs is 2. The van der Waals surface area contributed by atoms with E-state index in [4.69, 9.17) is 0 Å². The third-order valence-corrected chi connectivity index (χ3v) is 7.13. The van der Waals surface area contributed by atoms with E-state index in [1.54, 1.807) is 0 Å². The molecule has 0 atom stereocenters. The number of aromatic nitrogens is 1. The molecule has 33 heavy (non-hydrogen) atoms. The number of rotatable bonds is 5. The largest absolute Gasteiger partial charge is 0.506 e. The Labute approximate surface area is 186 Å². The molecule has 3 aromatic rings. The Kier molecular flexibility index (Phi) is 4.71. The third kappa shape index (κ3) is 3.61. The van der Waals surface area contributed by atoms with Gasteiger partial charge in [-0.2, -0.15) is 8.42 Å². The summed E-state index contributed by atoms with van der Waals surface area (Å²) in [5, 5.41) is 24.6. The average molecular weight is 472 g/mol. The van der Waals surface area contributed by atoms with E-state index in [0.717, 1.165) is 31.0 Å². The van der Waals surface area contributed by atoms with Gasteiger partial charge in [0.1, 0.15) is 22.0 Å². The molecule has 1 fully saturated rings. The lowest BCUT2D eigenvalue weighted by Gasteiger charge is -2.20. The summed E-state index contributed by atoms with van der Waals surface area (Å²) in [4.78, 5) is 23.2. The first kappa shape index (κ1) is 21.1. The molecule has 12 heteroatoms. The SMILES string of the molecule is O=c1c(C2=NS(=O)(=O)c3cc([N+](=O)[O-])ccc3N2)c(O)c2cc(F)ccc2n1CCC1CC1. The molecule has 170 valence electrons. The van der Waals surface area contributed by atoms with Crippen molar-refractivity contribution >= 4 is 38.1 Å². The van der Waals surface area contributed by atoms with Crippen molar-refractivity contribution in [3.8, 4) is 5.75 Å². The second kappa shape index (κ2) is 7.37. The zero-order chi connectivity index (χ0) is 23.5. The lowest BCUT2D eigenvalue weighted by molar-refractivity contribution is -0.385. The van der Waals surface area contributed by atoms with E-state index in [0.29, 0.717) is 24.4 Å². The van der Waals surface area contributed by atoms with Gasteiger partial charge in [0.05, 0.1) is 16.1 Å². The minimum absolute atomic E-state index is 0.0340. The molecule has 2 aromatic carbocycles. The Morgan fingerprint density at radius 2 is 2.00 bits per heavy atom. The van der Waals surface area contributed by atoms with Gasteiger partial charge in [0.15, 0.2) is 5.84 Å². The van der Waals surface area contributed by atoms with Crippen molar-refractivity contribution in [2.24, 2.45) is 10.3 Å². The van der Waals surface area contributed by atoms with Crippen LogP contribution in [0.4, 0.5) is 15.8 Å². The second-order valence-electron chi connectivity index (χ2n) is 8.05. The fourth-order valence-corrected chi connectivity index (χ4v) is 5.08. The van der Waals surface area contributed by atoms with Crippen LogP contribution in [0.25, 0.3) is 10.9 Å². The molecule has 1 aliphatic carbocycles. The van der Waals surface area contributed by atoms with E-state index in [1.807, 2.05) is 0 Å². The van der Waals surface area contributed by atoms with Crippen LogP contribution in [0.1, 0.15) is 24.8 Å². The number of benzene rings is 2. The highest BCUT2D eigenvalue weighted by atomic mass is 32.2. The maximum absolute atomic E-state index is 14.0. The maximum atomic E-state index is 14.0. The average Bonchev–Trinajstić information content (AvgIpc) is 3.58. The van der Waals surface area contributed by atoms with Crippen molar-refractivity contribution in [3.63, 3.8) is 0 Å². The number of hydrogen-bond acceptors (Lipinski definition) is 7. The number of anilines is 1. The predicted octanol–water partition coefficient (Wildman–Crippen LogP) is 3.12. The minimum atomic E-state index is -4.43. The van der Waals surface area contributed by atoms with Gasteiger partial charge < -0.3 is 15.0 Å². The molecule has 5 rings (SSSR count). The van der Waals surface area contributed by atoms with Gasteiger partial charge in [-0.05, 0) is 36.6 Å². The fraction of sp³-hybridized carbons (Fsp3) is 0.238. The van der Waals surface area contributed by atoms with Crippen LogP contribution in [-0.2, 0) is 16.6 Å². The van der Waals surface area contributed by atoms with Gasteiger partial charge in [-0.3, -0.25) is 14.9 Å². The summed E-state index contributed by atoms with van der Waals surface area (Å²) in [5.41, 5.74) is -1.26. The van der Waals surface area contributed by atoms with Crippen LogP contribution in [-0.4, -0.2) is 28.9 Å². The molecule has 0 bridgehead atoms. The number of aryl methyl sites for hydroxylation is 1. The van der Waals surface area contributed by atoms with Gasteiger partial charge in [-0.1, -0.05) is 12.8 Å². The van der Waals surface area contributed by atoms with Gasteiger partial charge in [0.2, 0.25) is 0 Å². The molecule has 1 aromatic heterocycles. The summed E-state index contributed by atoms with van der Waals surface area (Å²) in [7, 11) is -4.43. The summed E-state index contributed by atoms with van der Waals surface area (Å²) in [6.07, 6.45) is 2.82. The van der Waals surface area contributed by atoms with Gasteiger partial charge in [0, 0.05) is 24.1 Å². The fourth-order valence-electron chi connectivity index (χ4n) is 3.94. The molecule has 10 nitrogen and oxygen atoms in total. The summed E-state index contributed by atoms with van der Waals surface area (Å²) >= 11 is 0. The van der Waals surface area contributed by atoms with Crippen LogP contribution in [0, 0.1) is 21.8 Å². The number of pyridine rings is 1. The number of nitrogens with one attached hydrogen (secondary N) is 1. The van der Waals surface area contributed by atoms with E-state index >= 15 is 0 Å². The number of non-ortho nitro benzene ring substituents is 1. The molecule has 2 aliphatic rings. The van der Waals surface area contributed by atoms with Crippen LogP contribution in [0.3, 0.4) is 0 Å². The molecule has 2 heterocycles. The molecular formula is C21H17FN4O6S. The first-order chi connectivity index (χ1) is 15.7. The van der Waals surface area contributed by atoms with E-state index in [1.165, 1.54) is 22.8 Å². The highest BCUT2D eigenvalue weighted by Crippen LogP contribution is 2.36. The van der Waals surface area contributed by atoms with Crippen molar-refractivity contribution in [1.82, 2.24) is 4.57 Å². The first-order valence-electron chi connectivity index (χ1n) is 10.1. The van der Waals surface area contributed by atoms with E-state index in [-0.39, 0.29) is 11.1 Å². The maximum Gasteiger partial charge on any atom is 0.286 e. The summed E-state index contributed by atoms with van der Waals surface area (Å²) < 4.78 is 44.5. The Morgan fingerprint density at radius 1 is 1.24 bits per heavy atom. The second-order valence-corrected chi connectivity index (χ2v) is 9.62. The number of nitro groups is 1. The predicted molar refractivity (Wildman–Crippen MR) is 118 cm³/mol. The van der Waals surface area contributed by atoms with Crippen LogP contribution in [0.5, 0.6) is 5.75 Å². The van der Waals surface area contributed by atoms with Crippen LogP contribution in [0.15, 0.2) is 50.5 Å². The quantitative estimate of drug-likeness (QED) is 0.429. The van der Waals surface area contributed by atoms with Crippen molar-refractivity contribution in [1.29, 1.82) is 0 Å². The van der Waals surface area contributed by atoms with E-state index in [9.17, 15) is 32.8 Å². The van der Waals surface area contributed by atoms with Crippen LogP contribution < -0.4 is 10.9 Å². The number of nitrogens with zero attached hydrogens (tertiary/aromatic N) is 3. The normalized spacial score (nSPS) is 16.7. The smallest absolute Gasteiger partial charge is 0.286 e. The molecule has 0 unspecified atom stereocenters. The molecule has 1 saturated carbocycles. The number of hydrogen-bond donors (Lipinski definition) is 2. The number of halogens is 1. The Morgan fingerprint density at radius 3 is 2.70 bits per heavy atom. The Hall–Kier alpha value is -3.80. The molecule has 0 saturated heterocycles. The van der Waals surface area contributed by atoms with Gasteiger partial charge in [-0.25, -0.2) is 4.39 Å². The zero-order valence-corrected chi connectivity index (χ0v) is 17.8. The summed E-state index contributed by atoms with van der Waals surface area (Å²) in [6.45, 7) is 0.307. The minimum Gasteiger partial charge on any atom is -0.506 e. The standard InChI is InChI=1S/C21H17FN4O6S/c22-12-3-6-16-14(9-12)19(27)18(21(28)25(16)8-7-11-1-2-11)20-23-15-5-4-13(26(29)30)10-17(15)33(31,32)24-20/h3-6,9-11,27H,1-2,7-8H2,(H,23,24). The lowest BCUT2D eigenvalue weighted by atomic mass is 10.1. The molecular weight excluding hydrogens is 455 g/mol. The molecule has 0 amide bonds. The topological polar surface area (TPSA) is 144 Å². The van der Waals surface area contributed by atoms with Gasteiger partial charge in [-0.15, -0.1) is 4.40 Å². The van der Waals surface area contributed by atoms with Gasteiger partial charge in [0.25, 0.3) is 21.3 Å². The first-order valence-corrected chi connectivity index (χ1v) is 11.6. The monoisotopic (exact) mass is 472 g/mol. The van der Waals surface area contributed by atoms with Crippen molar-refractivity contribution in [2.75, 3.05) is 5.32 Å². The Balaban J connectivity index is 1.71. The number of sulfonamides is 1. The van der Waals surface area contributed by atoms with Crippen molar-refractivity contribution in [3.05, 3.63) is 68.2 Å². The molecule has 0 spiro atoms. The van der Waals surface area contributed by atoms with Crippen LogP contribution >= 0.6 is 0 Å². The molecule has 0 radical (unpaired) electrons. The molecule has 2 N–H and O–H groups in total. The van der Waals surface area contributed by atoms with Crippen LogP contribution in [0.2, 0.25) is 0 Å². The highest BCUT2D eigenvalue weighted by molar-refractivity contribution is 7.90. The number of aromatic hydroxyl groups is 1. The number of nitro benzene ring substituents is 1. The van der Waals surface area contributed by atoms with E-state index in [2.05, 4.69) is 9.71 Å². The Bertz CT molecular complexity index is 1540. The van der Waals surface area contributed by atoms with E-state index < -0.39 is 54.1 Å². The molecule has 1 aliphatic heterocycles. The van der Waals surface area contributed by atoms with Crippen molar-refractivity contribution < 1.29 is 22.8 Å². The number of amidine groups is 1. The van der Waals surface area contributed by atoms with Crippen molar-refractivity contribution in [2.45, 2.75) is 30.7 Å². The lowest BCUT2D eigenvalue weighted by Crippen LogP contribution is -2.33. The third-order valence-electron chi connectivity index (χ3n) is 5.81. The highest BCUT2D eigenvalue weighted by Gasteiger charge is 2.32. The van der Waals surface area contributed by atoms with Gasteiger partial charge >= 0.3 is 0 Å². The summed E-state index contributed by atoms with van der Waals surface area (Å²) in [5.74, 6) is -1.20. The summed E-state index contributed by atoms with van der Waals surface area (Å²) in [6, 6.07) is 6.79. The zero-order valence-electron chi connectivity index (χ0n) is 17.0.